The minimum Gasteiger partial charge on any atom is -0.478 e. The van der Waals surface area contributed by atoms with Gasteiger partial charge in [0, 0.05) is 6.54 Å². The van der Waals surface area contributed by atoms with Crippen LogP contribution in [0.15, 0.2) is 54.7 Å². The summed E-state index contributed by atoms with van der Waals surface area (Å²) in [6.45, 7) is 0.348. The van der Waals surface area contributed by atoms with Crippen molar-refractivity contribution in [1.29, 1.82) is 0 Å². The van der Waals surface area contributed by atoms with E-state index < -0.39 is 5.97 Å². The second kappa shape index (κ2) is 7.79. The van der Waals surface area contributed by atoms with Crippen LogP contribution in [0.3, 0.4) is 0 Å². The quantitative estimate of drug-likeness (QED) is 0.695. The first-order chi connectivity index (χ1) is 12.5. The largest absolute Gasteiger partial charge is 0.478 e. The number of aromatic carboxylic acids is 1. The van der Waals surface area contributed by atoms with Crippen LogP contribution in [0.1, 0.15) is 26.4 Å². The van der Waals surface area contributed by atoms with Crippen LogP contribution in [0, 0.1) is 0 Å². The summed E-state index contributed by atoms with van der Waals surface area (Å²) in [5.41, 5.74) is 1.84. The van der Waals surface area contributed by atoms with Crippen molar-refractivity contribution in [2.75, 3.05) is 6.54 Å². The Morgan fingerprint density at radius 2 is 1.96 bits per heavy atom. The third-order valence-corrected chi connectivity index (χ3v) is 4.02. The molecule has 7 nitrogen and oxygen atoms in total. The van der Waals surface area contributed by atoms with Gasteiger partial charge in [0.05, 0.1) is 22.5 Å². The SMILES string of the molecule is O=C(O)c1cccc(CCNC(=O)c2cn(-c3ccccc3Cl)nn2)c1. The predicted octanol–water partition coefficient (Wildman–Crippen LogP) is 2.59. The molecule has 1 heterocycles. The van der Waals surface area contributed by atoms with Crippen molar-refractivity contribution in [3.8, 4) is 5.69 Å². The summed E-state index contributed by atoms with van der Waals surface area (Å²) < 4.78 is 1.44. The van der Waals surface area contributed by atoms with E-state index in [0.717, 1.165) is 5.56 Å². The molecule has 26 heavy (non-hydrogen) atoms. The molecule has 8 heteroatoms. The van der Waals surface area contributed by atoms with E-state index in [2.05, 4.69) is 15.6 Å². The number of hydrogen-bond donors (Lipinski definition) is 2. The summed E-state index contributed by atoms with van der Waals surface area (Å²) in [6.07, 6.45) is 2.01. The highest BCUT2D eigenvalue weighted by Gasteiger charge is 2.12. The fraction of sp³-hybridized carbons (Fsp3) is 0.111. The van der Waals surface area contributed by atoms with E-state index in [-0.39, 0.29) is 17.2 Å². The van der Waals surface area contributed by atoms with E-state index >= 15 is 0 Å². The van der Waals surface area contributed by atoms with Crippen molar-refractivity contribution in [1.82, 2.24) is 20.3 Å². The second-order valence-electron chi connectivity index (χ2n) is 5.51. The van der Waals surface area contributed by atoms with E-state index in [0.29, 0.717) is 23.7 Å². The molecule has 0 spiro atoms. The number of aromatic nitrogens is 3. The Morgan fingerprint density at radius 1 is 1.15 bits per heavy atom. The molecule has 3 aromatic rings. The van der Waals surface area contributed by atoms with Crippen molar-refractivity contribution in [3.05, 3.63) is 76.6 Å². The Morgan fingerprint density at radius 3 is 2.73 bits per heavy atom. The number of nitrogens with zero attached hydrogens (tertiary/aromatic N) is 3. The van der Waals surface area contributed by atoms with Crippen LogP contribution in [0.25, 0.3) is 5.69 Å². The zero-order chi connectivity index (χ0) is 18.5. The average Bonchev–Trinajstić information content (AvgIpc) is 3.12. The highest BCUT2D eigenvalue weighted by atomic mass is 35.5. The monoisotopic (exact) mass is 370 g/mol. The molecule has 0 saturated heterocycles. The maximum absolute atomic E-state index is 12.2. The highest BCUT2D eigenvalue weighted by molar-refractivity contribution is 6.32. The van der Waals surface area contributed by atoms with Crippen LogP contribution < -0.4 is 5.32 Å². The first kappa shape index (κ1) is 17.6. The summed E-state index contributed by atoms with van der Waals surface area (Å²) >= 11 is 6.10. The number of carbonyl (C=O) groups excluding carboxylic acids is 1. The van der Waals surface area contributed by atoms with Gasteiger partial charge in [-0.3, -0.25) is 4.79 Å². The number of carboxylic acid groups (broad SMARTS) is 1. The van der Waals surface area contributed by atoms with Gasteiger partial charge >= 0.3 is 5.97 Å². The molecule has 0 fully saturated rings. The van der Waals surface area contributed by atoms with Gasteiger partial charge in [0.25, 0.3) is 5.91 Å². The van der Waals surface area contributed by atoms with Crippen molar-refractivity contribution in [2.45, 2.75) is 6.42 Å². The minimum atomic E-state index is -0.980. The molecular weight excluding hydrogens is 356 g/mol. The van der Waals surface area contributed by atoms with Crippen molar-refractivity contribution < 1.29 is 14.7 Å². The van der Waals surface area contributed by atoms with E-state index in [4.69, 9.17) is 16.7 Å². The van der Waals surface area contributed by atoms with E-state index in [9.17, 15) is 9.59 Å². The summed E-state index contributed by atoms with van der Waals surface area (Å²) in [6, 6.07) is 13.7. The number of carboxylic acids is 1. The number of hydrogen-bond acceptors (Lipinski definition) is 4. The van der Waals surface area contributed by atoms with Crippen LogP contribution in [0.2, 0.25) is 5.02 Å². The number of carbonyl (C=O) groups is 2. The Bertz CT molecular complexity index is 955. The lowest BCUT2D eigenvalue weighted by Crippen LogP contribution is -2.26. The molecule has 0 radical (unpaired) electrons. The molecule has 1 aromatic heterocycles. The lowest BCUT2D eigenvalue weighted by Gasteiger charge is -2.04. The average molecular weight is 371 g/mol. The number of benzene rings is 2. The Kier molecular flexibility index (Phi) is 5.28. The number of nitrogens with one attached hydrogen (secondary N) is 1. The smallest absolute Gasteiger partial charge is 0.335 e. The fourth-order valence-electron chi connectivity index (χ4n) is 2.39. The number of amides is 1. The topological polar surface area (TPSA) is 97.1 Å². The van der Waals surface area contributed by atoms with Gasteiger partial charge in [-0.2, -0.15) is 0 Å². The Balaban J connectivity index is 1.60. The van der Waals surface area contributed by atoms with Crippen LogP contribution >= 0.6 is 11.6 Å². The van der Waals surface area contributed by atoms with Gasteiger partial charge in [0.1, 0.15) is 0 Å². The predicted molar refractivity (Wildman–Crippen MR) is 95.8 cm³/mol. The molecule has 0 aliphatic rings. The first-order valence-electron chi connectivity index (χ1n) is 7.82. The van der Waals surface area contributed by atoms with Gasteiger partial charge in [-0.05, 0) is 36.2 Å². The Labute approximate surface area is 154 Å². The van der Waals surface area contributed by atoms with E-state index in [1.807, 2.05) is 12.1 Å². The molecule has 0 atom stereocenters. The summed E-state index contributed by atoms with van der Waals surface area (Å²) in [4.78, 5) is 23.2. The summed E-state index contributed by atoms with van der Waals surface area (Å²) in [7, 11) is 0. The van der Waals surface area contributed by atoms with Crippen LogP contribution in [0.5, 0.6) is 0 Å². The molecule has 2 aromatic carbocycles. The highest BCUT2D eigenvalue weighted by Crippen LogP contribution is 2.18. The number of rotatable bonds is 6. The molecule has 0 bridgehead atoms. The fourth-order valence-corrected chi connectivity index (χ4v) is 2.62. The molecule has 3 rings (SSSR count). The third-order valence-electron chi connectivity index (χ3n) is 3.70. The van der Waals surface area contributed by atoms with Gasteiger partial charge in [-0.15, -0.1) is 5.10 Å². The zero-order valence-electron chi connectivity index (χ0n) is 13.6. The lowest BCUT2D eigenvalue weighted by molar-refractivity contribution is 0.0696. The second-order valence-corrected chi connectivity index (χ2v) is 5.92. The molecule has 2 N–H and O–H groups in total. The minimum absolute atomic E-state index is 0.171. The van der Waals surface area contributed by atoms with Crippen LogP contribution in [-0.4, -0.2) is 38.5 Å². The molecule has 1 amide bonds. The number of para-hydroxylation sites is 1. The summed E-state index contributed by atoms with van der Waals surface area (Å²) in [5, 5.41) is 20.0. The molecule has 0 saturated carbocycles. The zero-order valence-corrected chi connectivity index (χ0v) is 14.3. The van der Waals surface area contributed by atoms with E-state index in [1.165, 1.54) is 16.9 Å². The summed E-state index contributed by atoms with van der Waals surface area (Å²) in [5.74, 6) is -1.34. The Hall–Kier alpha value is -3.19. The standard InChI is InChI=1S/C18H15ClN4O3/c19-14-6-1-2-7-16(14)23-11-15(21-22-23)17(24)20-9-8-12-4-3-5-13(10-12)18(25)26/h1-7,10-11H,8-9H2,(H,20,24)(H,25,26). The molecule has 0 unspecified atom stereocenters. The lowest BCUT2D eigenvalue weighted by atomic mass is 10.1. The van der Waals surface area contributed by atoms with Gasteiger partial charge in [0.2, 0.25) is 0 Å². The van der Waals surface area contributed by atoms with Gasteiger partial charge < -0.3 is 10.4 Å². The molecular formula is C18H15ClN4O3. The maximum atomic E-state index is 12.2. The van der Waals surface area contributed by atoms with Crippen LogP contribution in [-0.2, 0) is 6.42 Å². The third kappa shape index (κ3) is 4.07. The van der Waals surface area contributed by atoms with Gasteiger partial charge in [-0.1, -0.05) is 41.1 Å². The van der Waals surface area contributed by atoms with Gasteiger partial charge in [0.15, 0.2) is 5.69 Å². The van der Waals surface area contributed by atoms with E-state index in [1.54, 1.807) is 30.3 Å². The van der Waals surface area contributed by atoms with Crippen molar-refractivity contribution in [2.24, 2.45) is 0 Å². The van der Waals surface area contributed by atoms with Gasteiger partial charge in [-0.25, -0.2) is 9.48 Å². The first-order valence-corrected chi connectivity index (χ1v) is 8.20. The molecule has 132 valence electrons. The van der Waals surface area contributed by atoms with Crippen molar-refractivity contribution in [3.63, 3.8) is 0 Å². The maximum Gasteiger partial charge on any atom is 0.335 e. The number of halogens is 1. The molecule has 0 aliphatic carbocycles. The normalized spacial score (nSPS) is 10.5. The van der Waals surface area contributed by atoms with Crippen molar-refractivity contribution >= 4 is 23.5 Å². The van der Waals surface area contributed by atoms with Crippen LogP contribution in [0.4, 0.5) is 0 Å². The molecule has 0 aliphatic heterocycles.